The number of rotatable bonds is 3. The fourth-order valence-electron chi connectivity index (χ4n) is 2.13. The second-order valence-electron chi connectivity index (χ2n) is 4.55. The molecule has 19 heavy (non-hydrogen) atoms. The largest absolute Gasteiger partial charge is 0.489 e. The van der Waals surface area contributed by atoms with Crippen molar-refractivity contribution in [2.45, 2.75) is 17.4 Å². The Balaban J connectivity index is 1.61. The Labute approximate surface area is 121 Å². The zero-order chi connectivity index (χ0) is 13.2. The number of nitrogen functional groups attached to an aromatic ring is 1. The van der Waals surface area contributed by atoms with Crippen LogP contribution in [-0.2, 0) is 6.42 Å². The van der Waals surface area contributed by atoms with Gasteiger partial charge in [0, 0.05) is 17.1 Å². The predicted molar refractivity (Wildman–Crippen MR) is 81.2 cm³/mol. The van der Waals surface area contributed by atoms with E-state index in [2.05, 4.69) is 12.1 Å². The first-order valence-electron chi connectivity index (χ1n) is 6.15. The molecule has 1 atom stereocenters. The fraction of sp³-hybridized carbons (Fsp3) is 0.200. The van der Waals surface area contributed by atoms with E-state index in [0.717, 1.165) is 22.8 Å². The topological polar surface area (TPSA) is 35.2 Å². The van der Waals surface area contributed by atoms with Gasteiger partial charge in [0.15, 0.2) is 0 Å². The van der Waals surface area contributed by atoms with Crippen molar-refractivity contribution in [1.82, 2.24) is 0 Å². The van der Waals surface area contributed by atoms with Gasteiger partial charge in [-0.2, -0.15) is 0 Å². The standard InChI is InChI=1S/C15H14ClNOS/c16-13-8-12(5-6-14(13)17)19-9-11-7-10-3-1-2-4-15(10)18-11/h1-6,8,11H,7,9,17H2. The van der Waals surface area contributed by atoms with Gasteiger partial charge in [-0.05, 0) is 29.8 Å². The molecule has 2 aromatic rings. The molecule has 0 saturated heterocycles. The number of anilines is 1. The van der Waals surface area contributed by atoms with Gasteiger partial charge in [-0.15, -0.1) is 11.8 Å². The Kier molecular flexibility index (Phi) is 3.58. The van der Waals surface area contributed by atoms with E-state index < -0.39 is 0 Å². The van der Waals surface area contributed by atoms with Crippen LogP contribution in [0.25, 0.3) is 0 Å². The van der Waals surface area contributed by atoms with Crippen LogP contribution in [0.1, 0.15) is 5.56 Å². The highest BCUT2D eigenvalue weighted by atomic mass is 35.5. The molecule has 2 N–H and O–H groups in total. The second kappa shape index (κ2) is 5.35. The summed E-state index contributed by atoms with van der Waals surface area (Å²) < 4.78 is 5.90. The van der Waals surface area contributed by atoms with E-state index in [1.807, 2.05) is 30.3 Å². The number of ether oxygens (including phenoxy) is 1. The quantitative estimate of drug-likeness (QED) is 0.685. The van der Waals surface area contributed by atoms with Crippen LogP contribution in [0.15, 0.2) is 47.4 Å². The number of hydrogen-bond donors (Lipinski definition) is 1. The maximum atomic E-state index is 6.01. The molecular weight excluding hydrogens is 278 g/mol. The number of fused-ring (bicyclic) bond motifs is 1. The fourth-order valence-corrected chi connectivity index (χ4v) is 3.31. The molecule has 0 fully saturated rings. The van der Waals surface area contributed by atoms with E-state index in [1.165, 1.54) is 5.56 Å². The molecule has 0 saturated carbocycles. The summed E-state index contributed by atoms with van der Waals surface area (Å²) in [5, 5.41) is 0.612. The number of para-hydroxylation sites is 1. The lowest BCUT2D eigenvalue weighted by atomic mass is 10.1. The molecule has 1 heterocycles. The van der Waals surface area contributed by atoms with Crippen molar-refractivity contribution >= 4 is 29.1 Å². The molecular formula is C15H14ClNOS. The van der Waals surface area contributed by atoms with Gasteiger partial charge in [0.25, 0.3) is 0 Å². The summed E-state index contributed by atoms with van der Waals surface area (Å²) in [6.45, 7) is 0. The molecule has 0 bridgehead atoms. The van der Waals surface area contributed by atoms with Crippen LogP contribution in [0.3, 0.4) is 0 Å². The summed E-state index contributed by atoms with van der Waals surface area (Å²) in [7, 11) is 0. The predicted octanol–water partition coefficient (Wildman–Crippen LogP) is 4.02. The van der Waals surface area contributed by atoms with Gasteiger partial charge in [0.05, 0.1) is 10.7 Å². The Morgan fingerprint density at radius 3 is 2.89 bits per heavy atom. The molecule has 0 aliphatic carbocycles. The highest BCUT2D eigenvalue weighted by molar-refractivity contribution is 7.99. The van der Waals surface area contributed by atoms with Gasteiger partial charge < -0.3 is 10.5 Å². The number of halogens is 1. The Bertz CT molecular complexity index is 577. The lowest BCUT2D eigenvalue weighted by Gasteiger charge is -2.10. The van der Waals surface area contributed by atoms with Gasteiger partial charge in [-0.1, -0.05) is 29.8 Å². The van der Waals surface area contributed by atoms with Crippen LogP contribution in [0.4, 0.5) is 5.69 Å². The minimum absolute atomic E-state index is 0.235. The second-order valence-corrected chi connectivity index (χ2v) is 6.05. The Hall–Kier alpha value is -1.32. The van der Waals surface area contributed by atoms with E-state index in [-0.39, 0.29) is 6.10 Å². The van der Waals surface area contributed by atoms with E-state index in [9.17, 15) is 0 Å². The van der Waals surface area contributed by atoms with Gasteiger partial charge in [0.2, 0.25) is 0 Å². The van der Waals surface area contributed by atoms with E-state index in [0.29, 0.717) is 10.7 Å². The maximum Gasteiger partial charge on any atom is 0.123 e. The lowest BCUT2D eigenvalue weighted by Crippen LogP contribution is -2.15. The summed E-state index contributed by atoms with van der Waals surface area (Å²) in [6.07, 6.45) is 1.21. The van der Waals surface area contributed by atoms with Crippen molar-refractivity contribution in [2.24, 2.45) is 0 Å². The summed E-state index contributed by atoms with van der Waals surface area (Å²) in [5.74, 6) is 1.93. The van der Waals surface area contributed by atoms with Gasteiger partial charge in [-0.25, -0.2) is 0 Å². The molecule has 1 aliphatic heterocycles. The summed E-state index contributed by atoms with van der Waals surface area (Å²) >= 11 is 7.76. The SMILES string of the molecule is Nc1ccc(SCC2Cc3ccccc3O2)cc1Cl. The summed E-state index contributed by atoms with van der Waals surface area (Å²) in [4.78, 5) is 1.12. The molecule has 0 aromatic heterocycles. The normalized spacial score (nSPS) is 17.0. The van der Waals surface area contributed by atoms with E-state index in [4.69, 9.17) is 22.1 Å². The molecule has 3 rings (SSSR count). The number of nitrogens with two attached hydrogens (primary N) is 1. The van der Waals surface area contributed by atoms with Gasteiger partial charge >= 0.3 is 0 Å². The van der Waals surface area contributed by atoms with Crippen LogP contribution in [-0.4, -0.2) is 11.9 Å². The van der Waals surface area contributed by atoms with Crippen molar-refractivity contribution < 1.29 is 4.74 Å². The zero-order valence-corrected chi connectivity index (χ0v) is 11.9. The van der Waals surface area contributed by atoms with E-state index in [1.54, 1.807) is 11.8 Å². The van der Waals surface area contributed by atoms with E-state index >= 15 is 0 Å². The monoisotopic (exact) mass is 291 g/mol. The molecule has 0 amide bonds. The minimum atomic E-state index is 0.235. The molecule has 2 aromatic carbocycles. The number of thioether (sulfide) groups is 1. The average molecular weight is 292 g/mol. The molecule has 4 heteroatoms. The van der Waals surface area contributed by atoms with Gasteiger partial charge in [-0.3, -0.25) is 0 Å². The molecule has 1 unspecified atom stereocenters. The lowest BCUT2D eigenvalue weighted by molar-refractivity contribution is 0.259. The van der Waals surface area contributed by atoms with Crippen LogP contribution in [0.5, 0.6) is 5.75 Å². The number of benzene rings is 2. The molecule has 2 nitrogen and oxygen atoms in total. The van der Waals surface area contributed by atoms with Crippen molar-refractivity contribution in [3.05, 3.63) is 53.1 Å². The molecule has 0 spiro atoms. The summed E-state index contributed by atoms with van der Waals surface area (Å²) in [5.41, 5.74) is 7.61. The van der Waals surface area contributed by atoms with Gasteiger partial charge in [0.1, 0.15) is 11.9 Å². The van der Waals surface area contributed by atoms with Crippen LogP contribution in [0, 0.1) is 0 Å². The summed E-state index contributed by atoms with van der Waals surface area (Å²) in [6, 6.07) is 14.0. The molecule has 98 valence electrons. The van der Waals surface area contributed by atoms with Crippen LogP contribution >= 0.6 is 23.4 Å². The number of hydrogen-bond acceptors (Lipinski definition) is 3. The Morgan fingerprint density at radius 1 is 1.26 bits per heavy atom. The Morgan fingerprint density at radius 2 is 2.11 bits per heavy atom. The first-order chi connectivity index (χ1) is 9.22. The van der Waals surface area contributed by atoms with Crippen LogP contribution in [0.2, 0.25) is 5.02 Å². The third kappa shape index (κ3) is 2.82. The highest BCUT2D eigenvalue weighted by Gasteiger charge is 2.22. The molecule has 1 aliphatic rings. The molecule has 0 radical (unpaired) electrons. The average Bonchev–Trinajstić information content (AvgIpc) is 2.83. The van der Waals surface area contributed by atoms with Crippen molar-refractivity contribution in [2.75, 3.05) is 11.5 Å². The first-order valence-corrected chi connectivity index (χ1v) is 7.51. The van der Waals surface area contributed by atoms with Crippen molar-refractivity contribution in [1.29, 1.82) is 0 Å². The highest BCUT2D eigenvalue weighted by Crippen LogP contribution is 2.32. The maximum absolute atomic E-state index is 6.01. The van der Waals surface area contributed by atoms with Crippen molar-refractivity contribution in [3.8, 4) is 5.75 Å². The zero-order valence-electron chi connectivity index (χ0n) is 10.3. The van der Waals surface area contributed by atoms with Crippen LogP contribution < -0.4 is 10.5 Å². The first kappa shape index (κ1) is 12.7. The van der Waals surface area contributed by atoms with Crippen molar-refractivity contribution in [3.63, 3.8) is 0 Å². The smallest absolute Gasteiger partial charge is 0.123 e. The third-order valence-electron chi connectivity index (χ3n) is 3.12. The third-order valence-corrected chi connectivity index (χ3v) is 4.57. The minimum Gasteiger partial charge on any atom is -0.489 e.